The van der Waals surface area contributed by atoms with Crippen molar-refractivity contribution in [1.82, 2.24) is 4.90 Å². The molecular weight excluding hydrogens is 214 g/mol. The number of carbonyl (C=O) groups is 1. The van der Waals surface area contributed by atoms with Crippen LogP contribution in [0.25, 0.3) is 0 Å². The van der Waals surface area contributed by atoms with Crippen molar-refractivity contribution in [2.24, 2.45) is 5.92 Å². The summed E-state index contributed by atoms with van der Waals surface area (Å²) in [7, 11) is 0. The molecule has 3 nitrogen and oxygen atoms in total. The minimum atomic E-state index is -0.142. The molecule has 0 spiro atoms. The second-order valence-corrected chi connectivity index (χ2v) is 5.87. The van der Waals surface area contributed by atoms with E-state index < -0.39 is 0 Å². The summed E-state index contributed by atoms with van der Waals surface area (Å²) in [6, 6.07) is 0.592. The number of ketones is 1. The van der Waals surface area contributed by atoms with Gasteiger partial charge < -0.3 is 4.74 Å². The van der Waals surface area contributed by atoms with Crippen molar-refractivity contribution in [1.29, 1.82) is 0 Å². The first-order valence-electron chi connectivity index (χ1n) is 7.05. The van der Waals surface area contributed by atoms with Crippen LogP contribution in [0.1, 0.15) is 46.0 Å². The summed E-state index contributed by atoms with van der Waals surface area (Å²) in [6.45, 7) is 7.17. The summed E-state index contributed by atoms with van der Waals surface area (Å²) in [5, 5.41) is 0. The second kappa shape index (κ2) is 5.96. The van der Waals surface area contributed by atoms with Crippen LogP contribution in [0, 0.1) is 5.92 Å². The fourth-order valence-corrected chi connectivity index (χ4v) is 2.86. The van der Waals surface area contributed by atoms with Gasteiger partial charge >= 0.3 is 0 Å². The number of ether oxygens (including phenoxy) is 1. The fraction of sp³-hybridized carbons (Fsp3) is 0.929. The molecule has 2 atom stereocenters. The highest BCUT2D eigenvalue weighted by Crippen LogP contribution is 2.23. The molecule has 0 aromatic rings. The highest BCUT2D eigenvalue weighted by atomic mass is 16.5. The Balaban J connectivity index is 1.72. The Labute approximate surface area is 105 Å². The maximum atomic E-state index is 12.0. The smallest absolute Gasteiger partial charge is 0.162 e. The number of hydrogen-bond donors (Lipinski definition) is 0. The van der Waals surface area contributed by atoms with Crippen LogP contribution in [0.3, 0.4) is 0 Å². The maximum absolute atomic E-state index is 12.0. The molecule has 3 heteroatoms. The van der Waals surface area contributed by atoms with Gasteiger partial charge in [-0.15, -0.1) is 0 Å². The number of fused-ring (bicyclic) bond motifs is 1. The standard InChI is InChI=1S/C14H25NO2/c1-11(2)5-3-7-13(16)14-9-15-8-4-6-12(15)10-17-14/h11-12,14H,3-10H2,1-2H3. The van der Waals surface area contributed by atoms with Crippen molar-refractivity contribution in [3.63, 3.8) is 0 Å². The van der Waals surface area contributed by atoms with Gasteiger partial charge in [-0.1, -0.05) is 20.3 Å². The SMILES string of the molecule is CC(C)CCCC(=O)C1CN2CCCC2CO1. The molecular formula is C14H25NO2. The lowest BCUT2D eigenvalue weighted by atomic mass is 10.0. The summed E-state index contributed by atoms with van der Waals surface area (Å²) in [5.41, 5.74) is 0. The van der Waals surface area contributed by atoms with Crippen LogP contribution in [0.4, 0.5) is 0 Å². The Bertz CT molecular complexity index is 265. The lowest BCUT2D eigenvalue weighted by molar-refractivity contribution is -0.138. The predicted octanol–water partition coefficient (Wildman–Crippen LogP) is 2.25. The van der Waals surface area contributed by atoms with Gasteiger partial charge in [0.25, 0.3) is 0 Å². The van der Waals surface area contributed by atoms with Gasteiger partial charge in [0.15, 0.2) is 5.78 Å². The number of hydrogen-bond acceptors (Lipinski definition) is 3. The number of nitrogens with zero attached hydrogens (tertiary/aromatic N) is 1. The molecule has 2 aliphatic heterocycles. The summed E-state index contributed by atoms with van der Waals surface area (Å²) in [5.74, 6) is 1.01. The molecule has 0 N–H and O–H groups in total. The number of morpholine rings is 1. The van der Waals surface area contributed by atoms with E-state index in [4.69, 9.17) is 4.74 Å². The summed E-state index contributed by atoms with van der Waals surface area (Å²) < 4.78 is 5.72. The van der Waals surface area contributed by atoms with Crippen LogP contribution in [0.5, 0.6) is 0 Å². The van der Waals surface area contributed by atoms with E-state index in [1.165, 1.54) is 12.8 Å². The van der Waals surface area contributed by atoms with Crippen LogP contribution in [0.2, 0.25) is 0 Å². The molecule has 0 radical (unpaired) electrons. The molecule has 0 amide bonds. The second-order valence-electron chi connectivity index (χ2n) is 5.87. The number of Topliss-reactive ketones (excluding diaryl/α,β-unsaturated/α-hetero) is 1. The highest BCUT2D eigenvalue weighted by molar-refractivity contribution is 5.83. The zero-order valence-electron chi connectivity index (χ0n) is 11.2. The Hall–Kier alpha value is -0.410. The van der Waals surface area contributed by atoms with Gasteiger partial charge in [-0.2, -0.15) is 0 Å². The summed E-state index contributed by atoms with van der Waals surface area (Å²) >= 11 is 0. The van der Waals surface area contributed by atoms with E-state index in [1.54, 1.807) is 0 Å². The van der Waals surface area contributed by atoms with Crippen LogP contribution in [0.15, 0.2) is 0 Å². The summed E-state index contributed by atoms with van der Waals surface area (Å²) in [4.78, 5) is 14.5. The van der Waals surface area contributed by atoms with Crippen molar-refractivity contribution < 1.29 is 9.53 Å². The van der Waals surface area contributed by atoms with E-state index in [9.17, 15) is 4.79 Å². The molecule has 2 saturated heterocycles. The van der Waals surface area contributed by atoms with Gasteiger partial charge in [-0.3, -0.25) is 9.69 Å². The maximum Gasteiger partial charge on any atom is 0.162 e. The van der Waals surface area contributed by atoms with E-state index in [0.29, 0.717) is 24.2 Å². The normalized spacial score (nSPS) is 29.6. The van der Waals surface area contributed by atoms with Crippen molar-refractivity contribution in [2.75, 3.05) is 19.7 Å². The van der Waals surface area contributed by atoms with Crippen LogP contribution in [-0.2, 0) is 9.53 Å². The molecule has 2 rings (SSSR count). The van der Waals surface area contributed by atoms with Crippen LogP contribution >= 0.6 is 0 Å². The predicted molar refractivity (Wildman–Crippen MR) is 68.0 cm³/mol. The average Bonchev–Trinajstić information content (AvgIpc) is 2.75. The van der Waals surface area contributed by atoms with E-state index >= 15 is 0 Å². The van der Waals surface area contributed by atoms with Gasteiger partial charge in [-0.05, 0) is 31.7 Å². The topological polar surface area (TPSA) is 29.5 Å². The Morgan fingerprint density at radius 1 is 1.47 bits per heavy atom. The van der Waals surface area contributed by atoms with E-state index in [-0.39, 0.29) is 6.10 Å². The molecule has 17 heavy (non-hydrogen) atoms. The first-order chi connectivity index (χ1) is 8.16. The van der Waals surface area contributed by atoms with E-state index in [1.807, 2.05) is 0 Å². The molecule has 0 aliphatic carbocycles. The minimum absolute atomic E-state index is 0.142. The first-order valence-corrected chi connectivity index (χ1v) is 7.05. The van der Waals surface area contributed by atoms with Crippen molar-refractivity contribution in [3.05, 3.63) is 0 Å². The molecule has 98 valence electrons. The molecule has 0 saturated carbocycles. The molecule has 2 heterocycles. The van der Waals surface area contributed by atoms with Crippen molar-refractivity contribution >= 4 is 5.78 Å². The van der Waals surface area contributed by atoms with Gasteiger partial charge in [0.1, 0.15) is 6.10 Å². The minimum Gasteiger partial charge on any atom is -0.367 e. The van der Waals surface area contributed by atoms with E-state index in [0.717, 1.165) is 32.5 Å². The van der Waals surface area contributed by atoms with Gasteiger partial charge in [-0.25, -0.2) is 0 Å². The lowest BCUT2D eigenvalue weighted by Gasteiger charge is -2.34. The molecule has 2 unspecified atom stereocenters. The molecule has 0 aromatic carbocycles. The van der Waals surface area contributed by atoms with Crippen LogP contribution in [-0.4, -0.2) is 42.5 Å². The third-order valence-electron chi connectivity index (χ3n) is 3.95. The molecule has 2 fully saturated rings. The lowest BCUT2D eigenvalue weighted by Crippen LogP contribution is -2.49. The van der Waals surface area contributed by atoms with Gasteiger partial charge in [0.2, 0.25) is 0 Å². The van der Waals surface area contributed by atoms with Gasteiger partial charge in [0.05, 0.1) is 6.61 Å². The Morgan fingerprint density at radius 2 is 2.29 bits per heavy atom. The zero-order valence-corrected chi connectivity index (χ0v) is 11.2. The highest BCUT2D eigenvalue weighted by Gasteiger charge is 2.34. The third kappa shape index (κ3) is 3.52. The molecule has 0 aromatic heterocycles. The number of rotatable bonds is 5. The zero-order chi connectivity index (χ0) is 12.3. The monoisotopic (exact) mass is 239 g/mol. The molecule has 2 aliphatic rings. The molecule has 0 bridgehead atoms. The summed E-state index contributed by atoms with van der Waals surface area (Å²) in [6.07, 6.45) is 5.22. The quantitative estimate of drug-likeness (QED) is 0.737. The fourth-order valence-electron chi connectivity index (χ4n) is 2.86. The van der Waals surface area contributed by atoms with Crippen LogP contribution < -0.4 is 0 Å². The van der Waals surface area contributed by atoms with Crippen molar-refractivity contribution in [2.45, 2.75) is 58.1 Å². The van der Waals surface area contributed by atoms with Crippen molar-refractivity contribution in [3.8, 4) is 0 Å². The largest absolute Gasteiger partial charge is 0.367 e. The first kappa shape index (κ1) is 13.0. The van der Waals surface area contributed by atoms with E-state index in [2.05, 4.69) is 18.7 Å². The third-order valence-corrected chi connectivity index (χ3v) is 3.95. The Kier molecular flexibility index (Phi) is 4.57. The average molecular weight is 239 g/mol. The van der Waals surface area contributed by atoms with Gasteiger partial charge in [0, 0.05) is 19.0 Å². The Morgan fingerprint density at radius 3 is 3.06 bits per heavy atom. The number of carbonyl (C=O) groups excluding carboxylic acids is 1.